The summed E-state index contributed by atoms with van der Waals surface area (Å²) < 4.78 is 32.6. The molecule has 7 nitrogen and oxygen atoms in total. The molecule has 0 radical (unpaired) electrons. The van der Waals surface area contributed by atoms with E-state index >= 15 is 0 Å². The van der Waals surface area contributed by atoms with Crippen molar-refractivity contribution < 1.29 is 13.2 Å². The number of halogens is 1. The summed E-state index contributed by atoms with van der Waals surface area (Å²) in [6.07, 6.45) is 1.07. The summed E-state index contributed by atoms with van der Waals surface area (Å²) in [7, 11) is -1.50. The highest BCUT2D eigenvalue weighted by atomic mass is 127. The van der Waals surface area contributed by atoms with Gasteiger partial charge in [0.2, 0.25) is 10.0 Å². The molecule has 1 fully saturated rings. The Labute approximate surface area is 180 Å². The Hall–Kier alpha value is -0.910. The van der Waals surface area contributed by atoms with E-state index in [1.54, 1.807) is 24.3 Å². The summed E-state index contributed by atoms with van der Waals surface area (Å²) in [4.78, 5) is 6.89. The van der Waals surface area contributed by atoms with Crippen LogP contribution in [-0.2, 0) is 14.8 Å². The normalized spacial score (nSPS) is 17.4. The van der Waals surface area contributed by atoms with Crippen LogP contribution in [-0.4, -0.2) is 65.7 Å². The van der Waals surface area contributed by atoms with Crippen molar-refractivity contribution in [3.63, 3.8) is 0 Å². The van der Waals surface area contributed by atoms with Gasteiger partial charge in [0, 0.05) is 39.2 Å². The maximum atomic E-state index is 12.3. The number of aliphatic imine (C=N–C) groups is 1. The van der Waals surface area contributed by atoms with Crippen LogP contribution in [0.5, 0.6) is 0 Å². The molecule has 1 unspecified atom stereocenters. The van der Waals surface area contributed by atoms with E-state index in [9.17, 15) is 8.42 Å². The maximum Gasteiger partial charge on any atom is 0.240 e. The first-order valence-electron chi connectivity index (χ1n) is 9.06. The Morgan fingerprint density at radius 2 is 2.04 bits per heavy atom. The van der Waals surface area contributed by atoms with Crippen LogP contribution in [0.25, 0.3) is 0 Å². The number of benzene rings is 1. The van der Waals surface area contributed by atoms with Crippen LogP contribution in [0.3, 0.4) is 0 Å². The van der Waals surface area contributed by atoms with Crippen LogP contribution in [0.1, 0.15) is 18.9 Å². The fourth-order valence-electron chi connectivity index (χ4n) is 2.81. The third-order valence-corrected chi connectivity index (χ3v) is 5.73. The summed E-state index contributed by atoms with van der Waals surface area (Å²) in [5, 5.41) is 3.25. The second kappa shape index (κ2) is 11.8. The first-order valence-corrected chi connectivity index (χ1v) is 10.5. The molecule has 2 N–H and O–H groups in total. The van der Waals surface area contributed by atoms with E-state index < -0.39 is 10.0 Å². The number of guanidine groups is 1. The van der Waals surface area contributed by atoms with Gasteiger partial charge in [-0.3, -0.25) is 4.99 Å². The quantitative estimate of drug-likeness (QED) is 0.241. The smallest absolute Gasteiger partial charge is 0.240 e. The summed E-state index contributed by atoms with van der Waals surface area (Å²) in [5.74, 6) is 1.30. The lowest BCUT2D eigenvalue weighted by molar-refractivity contribution is 0.181. The predicted octanol–water partition coefficient (Wildman–Crippen LogP) is 1.83. The number of ether oxygens (including phenoxy) is 1. The van der Waals surface area contributed by atoms with Crippen LogP contribution < -0.4 is 10.0 Å². The minimum absolute atomic E-state index is 0. The molecule has 0 saturated carbocycles. The highest BCUT2D eigenvalue weighted by molar-refractivity contribution is 14.0. The second-order valence-electron chi connectivity index (χ2n) is 6.56. The molecule has 0 aromatic heterocycles. The number of nitrogens with zero attached hydrogens (tertiary/aromatic N) is 2. The van der Waals surface area contributed by atoms with Gasteiger partial charge in [0.1, 0.15) is 0 Å². The molecular formula is C18H31IN4O3S. The zero-order chi connectivity index (χ0) is 19.0. The van der Waals surface area contributed by atoms with Gasteiger partial charge in [0.25, 0.3) is 0 Å². The van der Waals surface area contributed by atoms with E-state index in [0.717, 1.165) is 44.2 Å². The average molecular weight is 510 g/mol. The number of nitrogens with one attached hydrogen (secondary N) is 2. The molecule has 1 saturated heterocycles. The Balaban J connectivity index is 0.00000364. The highest BCUT2D eigenvalue weighted by Crippen LogP contribution is 2.13. The van der Waals surface area contributed by atoms with Crippen molar-refractivity contribution in [2.24, 2.45) is 10.9 Å². The molecule has 1 aliphatic rings. The summed E-state index contributed by atoms with van der Waals surface area (Å²) in [6.45, 7) is 7.83. The van der Waals surface area contributed by atoms with Crippen LogP contribution in [0.15, 0.2) is 34.2 Å². The molecule has 154 valence electrons. The van der Waals surface area contributed by atoms with Gasteiger partial charge >= 0.3 is 0 Å². The van der Waals surface area contributed by atoms with E-state index in [-0.39, 0.29) is 35.4 Å². The molecule has 9 heteroatoms. The molecule has 0 amide bonds. The zero-order valence-electron chi connectivity index (χ0n) is 16.3. The minimum Gasteiger partial charge on any atom is -0.381 e. The number of sulfonamides is 1. The van der Waals surface area contributed by atoms with Crippen molar-refractivity contribution in [3.8, 4) is 0 Å². The monoisotopic (exact) mass is 510 g/mol. The lowest BCUT2D eigenvalue weighted by Crippen LogP contribution is -2.42. The zero-order valence-corrected chi connectivity index (χ0v) is 19.4. The molecule has 27 heavy (non-hydrogen) atoms. The molecule has 1 atom stereocenters. The van der Waals surface area contributed by atoms with E-state index in [1.165, 1.54) is 0 Å². The van der Waals surface area contributed by atoms with Crippen LogP contribution in [0.2, 0.25) is 0 Å². The largest absolute Gasteiger partial charge is 0.381 e. The topological polar surface area (TPSA) is 83.0 Å². The summed E-state index contributed by atoms with van der Waals surface area (Å²) in [5.41, 5.74) is 1.03. The summed E-state index contributed by atoms with van der Waals surface area (Å²) in [6, 6.07) is 6.81. The van der Waals surface area contributed by atoms with E-state index in [0.29, 0.717) is 12.5 Å². The second-order valence-corrected chi connectivity index (χ2v) is 8.32. The Morgan fingerprint density at radius 3 is 2.63 bits per heavy atom. The van der Waals surface area contributed by atoms with Gasteiger partial charge in [0.05, 0.1) is 18.0 Å². The number of rotatable bonds is 8. The fourth-order valence-corrected chi connectivity index (χ4v) is 3.83. The van der Waals surface area contributed by atoms with Crippen molar-refractivity contribution in [2.45, 2.75) is 25.2 Å². The third-order valence-electron chi connectivity index (χ3n) is 4.25. The first-order chi connectivity index (χ1) is 12.4. The van der Waals surface area contributed by atoms with Gasteiger partial charge in [-0.25, -0.2) is 13.1 Å². The molecule has 1 heterocycles. The fraction of sp³-hybridized carbons (Fsp3) is 0.611. The first kappa shape index (κ1) is 24.1. The molecule has 2 rings (SSSR count). The minimum atomic E-state index is -3.50. The van der Waals surface area contributed by atoms with Crippen LogP contribution >= 0.6 is 24.0 Å². The number of aryl methyl sites for hydroxylation is 1. The Kier molecular flexibility index (Phi) is 10.6. The van der Waals surface area contributed by atoms with Gasteiger partial charge in [-0.15, -0.1) is 24.0 Å². The molecular weight excluding hydrogens is 479 g/mol. The van der Waals surface area contributed by atoms with Gasteiger partial charge in [-0.05, 0) is 32.4 Å². The van der Waals surface area contributed by atoms with Crippen LogP contribution in [0, 0.1) is 12.8 Å². The van der Waals surface area contributed by atoms with Crippen molar-refractivity contribution >= 4 is 40.0 Å². The predicted molar refractivity (Wildman–Crippen MR) is 119 cm³/mol. The molecule has 0 bridgehead atoms. The standard InChI is InChI=1S/C18H30N4O3S.HI/c1-4-19-18(22(3)13-16-9-12-25-14-16)20-10-11-21-26(23,24)17-7-5-15(2)6-8-17;/h5-8,16,21H,4,9-14H2,1-3H3,(H,19,20);1H. The van der Waals surface area contributed by atoms with E-state index in [1.807, 2.05) is 20.9 Å². The molecule has 1 aromatic carbocycles. The lowest BCUT2D eigenvalue weighted by atomic mass is 10.1. The average Bonchev–Trinajstić information content (AvgIpc) is 3.11. The van der Waals surface area contributed by atoms with Gasteiger partial charge < -0.3 is 15.0 Å². The molecule has 0 spiro atoms. The third kappa shape index (κ3) is 7.92. The summed E-state index contributed by atoms with van der Waals surface area (Å²) >= 11 is 0. The van der Waals surface area contributed by atoms with Gasteiger partial charge in [0.15, 0.2) is 5.96 Å². The molecule has 1 aliphatic heterocycles. The van der Waals surface area contributed by atoms with Crippen molar-refractivity contribution in [1.82, 2.24) is 14.9 Å². The number of hydrogen-bond acceptors (Lipinski definition) is 4. The van der Waals surface area contributed by atoms with Crippen molar-refractivity contribution in [1.29, 1.82) is 0 Å². The molecule has 1 aromatic rings. The molecule has 0 aliphatic carbocycles. The van der Waals surface area contributed by atoms with E-state index in [4.69, 9.17) is 4.74 Å². The Bertz CT molecular complexity index is 689. The van der Waals surface area contributed by atoms with Gasteiger partial charge in [-0.1, -0.05) is 17.7 Å². The van der Waals surface area contributed by atoms with Crippen molar-refractivity contribution in [3.05, 3.63) is 29.8 Å². The number of hydrogen-bond donors (Lipinski definition) is 2. The Morgan fingerprint density at radius 1 is 1.33 bits per heavy atom. The highest BCUT2D eigenvalue weighted by Gasteiger charge is 2.19. The van der Waals surface area contributed by atoms with Crippen molar-refractivity contribution in [2.75, 3.05) is 46.4 Å². The lowest BCUT2D eigenvalue weighted by Gasteiger charge is -2.24. The van der Waals surface area contributed by atoms with Crippen LogP contribution in [0.4, 0.5) is 0 Å². The SMILES string of the molecule is CCNC(=NCCNS(=O)(=O)c1ccc(C)cc1)N(C)CC1CCOC1.I. The maximum absolute atomic E-state index is 12.3. The van der Waals surface area contributed by atoms with Gasteiger partial charge in [-0.2, -0.15) is 0 Å². The van der Waals surface area contributed by atoms with E-state index in [2.05, 4.69) is 19.9 Å².